The molecule has 2 rings (SSSR count). The smallest absolute Gasteiger partial charge is 0.263 e. The molecule has 3 N–H and O–H groups in total. The predicted molar refractivity (Wildman–Crippen MR) is 81.1 cm³/mol. The van der Waals surface area contributed by atoms with Crippen molar-refractivity contribution in [1.82, 2.24) is 10.3 Å². The van der Waals surface area contributed by atoms with Crippen LogP contribution in [0, 0.1) is 19.8 Å². The van der Waals surface area contributed by atoms with Gasteiger partial charge in [0, 0.05) is 12.6 Å². The lowest BCUT2D eigenvalue weighted by Gasteiger charge is -2.22. The summed E-state index contributed by atoms with van der Waals surface area (Å²) in [7, 11) is 0. The van der Waals surface area contributed by atoms with Crippen LogP contribution in [-0.4, -0.2) is 23.5 Å². The first-order chi connectivity index (χ1) is 8.61. The molecule has 1 aliphatic carbocycles. The van der Waals surface area contributed by atoms with Gasteiger partial charge in [0.15, 0.2) is 0 Å². The Bertz CT molecular complexity index is 430. The number of amides is 1. The van der Waals surface area contributed by atoms with Gasteiger partial charge >= 0.3 is 0 Å². The lowest BCUT2D eigenvalue weighted by molar-refractivity contribution is 0.0927. The molecule has 108 valence electrons. The van der Waals surface area contributed by atoms with Crippen LogP contribution in [0.5, 0.6) is 0 Å². The van der Waals surface area contributed by atoms with Crippen LogP contribution in [0.1, 0.15) is 46.1 Å². The number of aryl methyl sites for hydroxylation is 2. The van der Waals surface area contributed by atoms with Crippen LogP contribution in [0.15, 0.2) is 0 Å². The van der Waals surface area contributed by atoms with Gasteiger partial charge in [-0.2, -0.15) is 0 Å². The molecule has 19 heavy (non-hydrogen) atoms. The zero-order valence-corrected chi connectivity index (χ0v) is 13.1. The van der Waals surface area contributed by atoms with E-state index in [0.29, 0.717) is 12.5 Å². The van der Waals surface area contributed by atoms with Crippen molar-refractivity contribution in [3.05, 3.63) is 15.6 Å². The second-order valence-corrected chi connectivity index (χ2v) is 6.21. The summed E-state index contributed by atoms with van der Waals surface area (Å²) in [5, 5.41) is 4.02. The molecule has 1 fully saturated rings. The number of aromatic nitrogens is 1. The number of nitrogens with two attached hydrogens (primary N) is 1. The van der Waals surface area contributed by atoms with Gasteiger partial charge in [-0.05, 0) is 32.6 Å². The van der Waals surface area contributed by atoms with E-state index in [9.17, 15) is 4.79 Å². The Kier molecular flexibility index (Phi) is 6.23. The standard InChI is InChI=1S/C13H21N3OS.ClH/c1-8-12(18-9(2)15-8)13(17)16-11(7-14)10-5-3-4-6-10;/h10-11H,3-7,14H2,1-2H3,(H,16,17);1H. The number of thiazole rings is 1. The first-order valence-corrected chi connectivity index (χ1v) is 7.38. The second kappa shape index (κ2) is 7.22. The van der Waals surface area contributed by atoms with Crippen LogP contribution in [0.4, 0.5) is 0 Å². The Balaban J connectivity index is 0.00000180. The number of carbonyl (C=O) groups is 1. The predicted octanol–water partition coefficient (Wildman–Crippen LogP) is 2.43. The molecule has 0 bridgehead atoms. The maximum atomic E-state index is 12.2. The van der Waals surface area contributed by atoms with E-state index in [1.807, 2.05) is 13.8 Å². The molecule has 0 saturated heterocycles. The molecule has 1 heterocycles. The van der Waals surface area contributed by atoms with Gasteiger partial charge in [-0.1, -0.05) is 12.8 Å². The third kappa shape index (κ3) is 3.91. The van der Waals surface area contributed by atoms with Crippen molar-refractivity contribution < 1.29 is 4.79 Å². The van der Waals surface area contributed by atoms with Crippen LogP contribution in [0.2, 0.25) is 0 Å². The van der Waals surface area contributed by atoms with Gasteiger partial charge in [-0.3, -0.25) is 4.79 Å². The van der Waals surface area contributed by atoms with Crippen LogP contribution >= 0.6 is 23.7 Å². The van der Waals surface area contributed by atoms with E-state index in [4.69, 9.17) is 5.73 Å². The van der Waals surface area contributed by atoms with Crippen LogP contribution in [-0.2, 0) is 0 Å². The monoisotopic (exact) mass is 303 g/mol. The molecular formula is C13H22ClN3OS. The highest BCUT2D eigenvalue weighted by Crippen LogP contribution is 2.28. The maximum absolute atomic E-state index is 12.2. The second-order valence-electron chi connectivity index (χ2n) is 5.01. The summed E-state index contributed by atoms with van der Waals surface area (Å²) in [5.74, 6) is 0.536. The number of nitrogens with zero attached hydrogens (tertiary/aromatic N) is 1. The summed E-state index contributed by atoms with van der Waals surface area (Å²) in [4.78, 5) is 17.2. The Morgan fingerprint density at radius 3 is 2.58 bits per heavy atom. The van der Waals surface area contributed by atoms with E-state index in [2.05, 4.69) is 10.3 Å². The van der Waals surface area contributed by atoms with Crippen LogP contribution < -0.4 is 11.1 Å². The summed E-state index contributed by atoms with van der Waals surface area (Å²) >= 11 is 1.45. The van der Waals surface area contributed by atoms with Gasteiger partial charge in [0.25, 0.3) is 5.91 Å². The third-order valence-corrected chi connectivity index (χ3v) is 4.72. The minimum Gasteiger partial charge on any atom is -0.347 e. The number of hydrogen-bond acceptors (Lipinski definition) is 4. The van der Waals surface area contributed by atoms with Crippen molar-refractivity contribution in [2.45, 2.75) is 45.6 Å². The molecule has 1 amide bonds. The van der Waals surface area contributed by atoms with E-state index in [0.717, 1.165) is 15.6 Å². The number of halogens is 1. The molecule has 1 unspecified atom stereocenters. The largest absolute Gasteiger partial charge is 0.347 e. The maximum Gasteiger partial charge on any atom is 0.263 e. The van der Waals surface area contributed by atoms with E-state index >= 15 is 0 Å². The summed E-state index contributed by atoms with van der Waals surface area (Å²) in [6, 6.07) is 0.113. The van der Waals surface area contributed by atoms with Crippen molar-refractivity contribution in [2.24, 2.45) is 11.7 Å². The van der Waals surface area contributed by atoms with E-state index in [1.54, 1.807) is 0 Å². The molecule has 1 aromatic heterocycles. The third-order valence-electron chi connectivity index (χ3n) is 3.65. The average Bonchev–Trinajstić information content (AvgIpc) is 2.95. The lowest BCUT2D eigenvalue weighted by atomic mass is 9.98. The molecule has 1 aliphatic rings. The Hall–Kier alpha value is -0.650. The SMILES string of the molecule is Cc1nc(C)c(C(=O)NC(CN)C2CCCC2)s1.Cl. The normalized spacial score (nSPS) is 17.0. The zero-order chi connectivity index (χ0) is 13.1. The number of nitrogens with one attached hydrogen (secondary N) is 1. The fourth-order valence-corrected chi connectivity index (χ4v) is 3.53. The fraction of sp³-hybridized carbons (Fsp3) is 0.692. The summed E-state index contributed by atoms with van der Waals surface area (Å²) in [5.41, 5.74) is 6.61. The Labute approximate surface area is 124 Å². The van der Waals surface area contributed by atoms with Gasteiger partial charge < -0.3 is 11.1 Å². The average molecular weight is 304 g/mol. The minimum atomic E-state index is -0.0135. The van der Waals surface area contributed by atoms with Gasteiger partial charge in [0.05, 0.1) is 10.7 Å². The Morgan fingerprint density at radius 1 is 1.47 bits per heavy atom. The fourth-order valence-electron chi connectivity index (χ4n) is 2.70. The quantitative estimate of drug-likeness (QED) is 0.897. The van der Waals surface area contributed by atoms with Crippen molar-refractivity contribution in [2.75, 3.05) is 6.54 Å². The summed E-state index contributed by atoms with van der Waals surface area (Å²) in [6.07, 6.45) is 4.89. The number of rotatable bonds is 4. The highest BCUT2D eigenvalue weighted by Gasteiger charge is 2.26. The molecule has 1 aromatic rings. The van der Waals surface area contributed by atoms with Crippen molar-refractivity contribution in [3.63, 3.8) is 0 Å². The summed E-state index contributed by atoms with van der Waals surface area (Å²) < 4.78 is 0. The highest BCUT2D eigenvalue weighted by atomic mass is 35.5. The number of carbonyl (C=O) groups excluding carboxylic acids is 1. The first-order valence-electron chi connectivity index (χ1n) is 6.56. The Morgan fingerprint density at radius 2 is 2.11 bits per heavy atom. The topological polar surface area (TPSA) is 68.0 Å². The van der Waals surface area contributed by atoms with E-state index in [-0.39, 0.29) is 24.4 Å². The molecule has 4 nitrogen and oxygen atoms in total. The van der Waals surface area contributed by atoms with Crippen molar-refractivity contribution in [1.29, 1.82) is 0 Å². The van der Waals surface area contributed by atoms with Gasteiger partial charge in [0.2, 0.25) is 0 Å². The summed E-state index contributed by atoms with van der Waals surface area (Å²) in [6.45, 7) is 4.32. The van der Waals surface area contributed by atoms with Crippen molar-refractivity contribution in [3.8, 4) is 0 Å². The molecular weight excluding hydrogens is 282 g/mol. The van der Waals surface area contributed by atoms with E-state index in [1.165, 1.54) is 37.0 Å². The van der Waals surface area contributed by atoms with Crippen LogP contribution in [0.3, 0.4) is 0 Å². The molecule has 6 heteroatoms. The number of hydrogen-bond donors (Lipinski definition) is 2. The molecule has 0 spiro atoms. The molecule has 1 saturated carbocycles. The van der Waals surface area contributed by atoms with Crippen LogP contribution in [0.25, 0.3) is 0 Å². The first kappa shape index (κ1) is 16.4. The van der Waals surface area contributed by atoms with Gasteiger partial charge in [-0.25, -0.2) is 4.98 Å². The molecule has 0 aromatic carbocycles. The molecule has 0 aliphatic heterocycles. The van der Waals surface area contributed by atoms with E-state index < -0.39 is 0 Å². The molecule has 1 atom stereocenters. The van der Waals surface area contributed by atoms with Crippen molar-refractivity contribution >= 4 is 29.7 Å². The molecule has 0 radical (unpaired) electrons. The minimum absolute atomic E-state index is 0. The highest BCUT2D eigenvalue weighted by molar-refractivity contribution is 7.13. The zero-order valence-electron chi connectivity index (χ0n) is 11.4. The lowest BCUT2D eigenvalue weighted by Crippen LogP contribution is -2.44. The van der Waals surface area contributed by atoms with Gasteiger partial charge in [0.1, 0.15) is 4.88 Å². The van der Waals surface area contributed by atoms with Gasteiger partial charge in [-0.15, -0.1) is 23.7 Å².